The van der Waals surface area contributed by atoms with Crippen molar-refractivity contribution < 1.29 is 14.4 Å². The van der Waals surface area contributed by atoms with Crippen LogP contribution in [0.3, 0.4) is 0 Å². The summed E-state index contributed by atoms with van der Waals surface area (Å²) in [6, 6.07) is 30.1. The Morgan fingerprint density at radius 3 is 2.32 bits per heavy atom. The lowest BCUT2D eigenvalue weighted by Crippen LogP contribution is -2.30. The van der Waals surface area contributed by atoms with Crippen molar-refractivity contribution in [2.45, 2.75) is 4.90 Å². The van der Waals surface area contributed by atoms with Crippen molar-refractivity contribution in [3.8, 4) is 11.3 Å². The lowest BCUT2D eigenvalue weighted by molar-refractivity contribution is -0.114. The SMILES string of the molecule is O=C(CSc1cccc(NC(=O)/C(=C\c2ccccc2Cl)NC(=O)c2ccccc2)c1)Nc1nc(-c2ccccc2Cl)cs1. The van der Waals surface area contributed by atoms with Gasteiger partial charge in [-0.25, -0.2) is 4.98 Å². The first-order valence-electron chi connectivity index (χ1n) is 13.2. The molecule has 3 N–H and O–H groups in total. The molecule has 0 saturated heterocycles. The predicted molar refractivity (Wildman–Crippen MR) is 180 cm³/mol. The van der Waals surface area contributed by atoms with Crippen LogP contribution in [0.15, 0.2) is 119 Å². The van der Waals surface area contributed by atoms with Gasteiger partial charge in [0, 0.05) is 37.1 Å². The molecule has 44 heavy (non-hydrogen) atoms. The Balaban J connectivity index is 1.23. The Kier molecular flexibility index (Phi) is 10.5. The van der Waals surface area contributed by atoms with Crippen molar-refractivity contribution in [3.05, 3.63) is 135 Å². The van der Waals surface area contributed by atoms with E-state index in [1.54, 1.807) is 78.9 Å². The lowest BCUT2D eigenvalue weighted by atomic mass is 10.1. The number of carbonyl (C=O) groups excluding carboxylic acids is 3. The molecule has 0 saturated carbocycles. The maximum Gasteiger partial charge on any atom is 0.272 e. The zero-order valence-corrected chi connectivity index (χ0v) is 26.1. The Hall–Kier alpha value is -4.41. The first kappa shape index (κ1) is 31.0. The molecule has 0 fully saturated rings. The average Bonchev–Trinajstić information content (AvgIpc) is 3.49. The summed E-state index contributed by atoms with van der Waals surface area (Å²) in [6.07, 6.45) is 1.53. The number of thiazole rings is 1. The maximum absolute atomic E-state index is 13.4. The molecule has 4 aromatic carbocycles. The smallest absolute Gasteiger partial charge is 0.272 e. The number of halogens is 2. The van der Waals surface area contributed by atoms with Crippen molar-refractivity contribution >= 4 is 80.9 Å². The molecule has 0 atom stereocenters. The van der Waals surface area contributed by atoms with Crippen molar-refractivity contribution in [1.82, 2.24) is 10.3 Å². The van der Waals surface area contributed by atoms with Crippen LogP contribution in [0, 0.1) is 0 Å². The standard InChI is InChI=1S/C33H24Cl2N4O3S2/c34-26-15-6-4-11-22(26)17-28(37-31(41)21-9-2-1-3-10-21)32(42)36-23-12-8-13-24(18-23)43-20-30(40)39-33-38-29(19-44-33)25-14-5-7-16-27(25)35/h1-19H,20H2,(H,36,42)(H,37,41)(H,38,39,40)/b28-17+. The number of rotatable bonds is 10. The van der Waals surface area contributed by atoms with Crippen molar-refractivity contribution in [2.24, 2.45) is 0 Å². The molecule has 0 aliphatic heterocycles. The third kappa shape index (κ3) is 8.36. The van der Waals surface area contributed by atoms with Gasteiger partial charge < -0.3 is 16.0 Å². The quantitative estimate of drug-likeness (QED) is 0.104. The van der Waals surface area contributed by atoms with E-state index in [0.29, 0.717) is 37.7 Å². The normalized spacial score (nSPS) is 11.1. The van der Waals surface area contributed by atoms with E-state index in [4.69, 9.17) is 23.2 Å². The molecule has 0 bridgehead atoms. The Morgan fingerprint density at radius 2 is 1.55 bits per heavy atom. The fourth-order valence-corrected chi connectivity index (χ4v) is 5.88. The topological polar surface area (TPSA) is 100 Å². The summed E-state index contributed by atoms with van der Waals surface area (Å²) in [5.74, 6) is -1.07. The number of thioether (sulfide) groups is 1. The van der Waals surface area contributed by atoms with E-state index >= 15 is 0 Å². The zero-order valence-electron chi connectivity index (χ0n) is 22.9. The van der Waals surface area contributed by atoms with Crippen molar-refractivity contribution in [2.75, 3.05) is 16.4 Å². The minimum Gasteiger partial charge on any atom is -0.321 e. The van der Waals surface area contributed by atoms with Gasteiger partial charge in [-0.1, -0.05) is 83.9 Å². The molecule has 0 spiro atoms. The number of nitrogens with zero attached hydrogens (tertiary/aromatic N) is 1. The summed E-state index contributed by atoms with van der Waals surface area (Å²) in [7, 11) is 0. The van der Waals surface area contributed by atoms with E-state index in [1.165, 1.54) is 29.2 Å². The lowest BCUT2D eigenvalue weighted by Gasteiger charge is -2.12. The van der Waals surface area contributed by atoms with Crippen molar-refractivity contribution in [1.29, 1.82) is 0 Å². The number of hydrogen-bond donors (Lipinski definition) is 3. The first-order chi connectivity index (χ1) is 21.4. The molecule has 7 nitrogen and oxygen atoms in total. The van der Waals surface area contributed by atoms with E-state index in [2.05, 4.69) is 20.9 Å². The Morgan fingerprint density at radius 1 is 0.818 bits per heavy atom. The minimum atomic E-state index is -0.535. The van der Waals surface area contributed by atoms with Gasteiger partial charge in [-0.15, -0.1) is 23.1 Å². The summed E-state index contributed by atoms with van der Waals surface area (Å²) in [6.45, 7) is 0. The summed E-state index contributed by atoms with van der Waals surface area (Å²) in [5.41, 5.74) is 2.97. The number of amides is 3. The number of hydrogen-bond acceptors (Lipinski definition) is 6. The van der Waals surface area contributed by atoms with Gasteiger partial charge in [0.05, 0.1) is 11.4 Å². The second-order valence-electron chi connectivity index (χ2n) is 9.24. The number of aromatic nitrogens is 1. The highest BCUT2D eigenvalue weighted by molar-refractivity contribution is 8.00. The maximum atomic E-state index is 13.4. The monoisotopic (exact) mass is 658 g/mol. The van der Waals surface area contributed by atoms with Crippen LogP contribution in [0.2, 0.25) is 10.0 Å². The van der Waals surface area contributed by atoms with E-state index in [-0.39, 0.29) is 17.4 Å². The molecule has 1 aromatic heterocycles. The molecule has 0 aliphatic carbocycles. The van der Waals surface area contributed by atoms with E-state index in [9.17, 15) is 14.4 Å². The van der Waals surface area contributed by atoms with Gasteiger partial charge >= 0.3 is 0 Å². The van der Waals surface area contributed by atoms with Gasteiger partial charge in [-0.05, 0) is 54.1 Å². The average molecular weight is 660 g/mol. The summed E-state index contributed by atoms with van der Waals surface area (Å²) in [5, 5.41) is 11.7. The summed E-state index contributed by atoms with van der Waals surface area (Å²) >= 11 is 15.2. The molecule has 1 heterocycles. The third-order valence-corrected chi connectivity index (χ3v) is 8.52. The highest BCUT2D eigenvalue weighted by atomic mass is 35.5. The number of anilines is 2. The molecule has 3 amide bonds. The van der Waals surface area contributed by atoms with Crippen LogP contribution in [0.4, 0.5) is 10.8 Å². The van der Waals surface area contributed by atoms with Crippen LogP contribution in [0.5, 0.6) is 0 Å². The highest BCUT2D eigenvalue weighted by Crippen LogP contribution is 2.30. The predicted octanol–water partition coefficient (Wildman–Crippen LogP) is 8.26. The van der Waals surface area contributed by atoms with Crippen LogP contribution >= 0.6 is 46.3 Å². The van der Waals surface area contributed by atoms with Crippen LogP contribution in [-0.4, -0.2) is 28.5 Å². The number of benzene rings is 4. The van der Waals surface area contributed by atoms with Gasteiger partial charge in [0.1, 0.15) is 5.70 Å². The second-order valence-corrected chi connectivity index (χ2v) is 12.0. The summed E-state index contributed by atoms with van der Waals surface area (Å²) < 4.78 is 0. The van der Waals surface area contributed by atoms with Crippen molar-refractivity contribution in [3.63, 3.8) is 0 Å². The van der Waals surface area contributed by atoms with Gasteiger partial charge in [0.25, 0.3) is 11.8 Å². The summed E-state index contributed by atoms with van der Waals surface area (Å²) in [4.78, 5) is 44.2. The molecule has 5 aromatic rings. The highest BCUT2D eigenvalue weighted by Gasteiger charge is 2.16. The van der Waals surface area contributed by atoms with Gasteiger partial charge in [0.15, 0.2) is 5.13 Å². The fraction of sp³-hybridized carbons (Fsp3) is 0.0303. The molecule has 0 unspecified atom stereocenters. The Labute approximate surface area is 272 Å². The first-order valence-corrected chi connectivity index (χ1v) is 15.8. The molecular weight excluding hydrogens is 635 g/mol. The third-order valence-electron chi connectivity index (χ3n) is 6.10. The van der Waals surface area contributed by atoms with Gasteiger partial charge in [-0.3, -0.25) is 14.4 Å². The van der Waals surface area contributed by atoms with E-state index in [1.807, 2.05) is 29.6 Å². The molecule has 0 radical (unpaired) electrons. The number of carbonyl (C=O) groups is 3. The van der Waals surface area contributed by atoms with Crippen LogP contribution in [0.1, 0.15) is 15.9 Å². The van der Waals surface area contributed by atoms with Crippen LogP contribution in [-0.2, 0) is 9.59 Å². The molecule has 5 rings (SSSR count). The van der Waals surface area contributed by atoms with Gasteiger partial charge in [0.2, 0.25) is 5.91 Å². The minimum absolute atomic E-state index is 0.0176. The zero-order chi connectivity index (χ0) is 30.9. The molecule has 220 valence electrons. The molecular formula is C33H24Cl2N4O3S2. The molecule has 0 aliphatic rings. The van der Waals surface area contributed by atoms with E-state index in [0.717, 1.165) is 10.5 Å². The number of nitrogens with one attached hydrogen (secondary N) is 3. The Bertz CT molecular complexity index is 1840. The van der Waals surface area contributed by atoms with Crippen LogP contribution in [0.25, 0.3) is 17.3 Å². The fourth-order valence-electron chi connectivity index (χ4n) is 3.98. The molecule has 11 heteroatoms. The second kappa shape index (κ2) is 14.9. The van der Waals surface area contributed by atoms with E-state index < -0.39 is 11.8 Å². The largest absolute Gasteiger partial charge is 0.321 e. The van der Waals surface area contributed by atoms with Crippen LogP contribution < -0.4 is 16.0 Å². The van der Waals surface area contributed by atoms with Gasteiger partial charge in [-0.2, -0.15) is 0 Å².